The van der Waals surface area contributed by atoms with Gasteiger partial charge in [0.2, 0.25) is 0 Å². The molecule has 4 rings (SSSR count). The van der Waals surface area contributed by atoms with Crippen molar-refractivity contribution < 1.29 is 9.59 Å². The Morgan fingerprint density at radius 3 is 2.53 bits per heavy atom. The zero-order chi connectivity index (χ0) is 22.7. The largest absolute Gasteiger partial charge is 0.350 e. The van der Waals surface area contributed by atoms with Gasteiger partial charge >= 0.3 is 0 Å². The lowest BCUT2D eigenvalue weighted by Crippen LogP contribution is -2.43. The molecule has 0 saturated heterocycles. The van der Waals surface area contributed by atoms with Crippen LogP contribution in [-0.2, 0) is 6.54 Å². The smallest absolute Gasteiger partial charge is 0.290 e. The summed E-state index contributed by atoms with van der Waals surface area (Å²) < 4.78 is 1.33. The summed E-state index contributed by atoms with van der Waals surface area (Å²) in [5.74, 6) is -1.07. The predicted molar refractivity (Wildman–Crippen MR) is 123 cm³/mol. The number of hydrazine groups is 1. The Morgan fingerprint density at radius 2 is 1.75 bits per heavy atom. The van der Waals surface area contributed by atoms with Crippen LogP contribution in [0.4, 0.5) is 0 Å². The minimum atomic E-state index is -0.592. The molecule has 8 nitrogen and oxygen atoms in total. The van der Waals surface area contributed by atoms with Gasteiger partial charge in [-0.25, -0.2) is 4.68 Å². The Balaban J connectivity index is 1.56. The maximum atomic E-state index is 12.9. The molecule has 164 valence electrons. The maximum Gasteiger partial charge on any atom is 0.290 e. The van der Waals surface area contributed by atoms with E-state index in [0.717, 1.165) is 35.7 Å². The summed E-state index contributed by atoms with van der Waals surface area (Å²) in [6.45, 7) is 4.48. The number of H-pyrrole nitrogens is 1. The summed E-state index contributed by atoms with van der Waals surface area (Å²) in [5, 5.41) is 6.06. The number of hydrogen-bond donors (Lipinski definition) is 3. The number of unbranched alkanes of at least 4 members (excludes halogenated alkanes) is 2. The van der Waals surface area contributed by atoms with Crippen molar-refractivity contribution in [2.45, 2.75) is 39.7 Å². The monoisotopic (exact) mass is 431 g/mol. The van der Waals surface area contributed by atoms with Crippen LogP contribution in [0.15, 0.2) is 53.3 Å². The molecule has 0 radical (unpaired) electrons. The van der Waals surface area contributed by atoms with Crippen LogP contribution in [0, 0.1) is 6.92 Å². The fraction of sp³-hybridized carbons (Fsp3) is 0.250. The van der Waals surface area contributed by atoms with Crippen molar-refractivity contribution in [3.63, 3.8) is 0 Å². The molecule has 4 aromatic rings. The second-order valence-corrected chi connectivity index (χ2v) is 7.81. The third-order valence-electron chi connectivity index (χ3n) is 5.37. The van der Waals surface area contributed by atoms with Gasteiger partial charge in [0.15, 0.2) is 5.69 Å². The molecule has 0 aliphatic carbocycles. The van der Waals surface area contributed by atoms with E-state index in [4.69, 9.17) is 0 Å². The normalized spacial score (nSPS) is 11.1. The van der Waals surface area contributed by atoms with Gasteiger partial charge < -0.3 is 4.98 Å². The van der Waals surface area contributed by atoms with Crippen LogP contribution in [0.1, 0.15) is 52.7 Å². The second-order valence-electron chi connectivity index (χ2n) is 7.81. The van der Waals surface area contributed by atoms with Gasteiger partial charge in [-0.1, -0.05) is 50.1 Å². The molecule has 0 atom stereocenters. The number of hydrogen-bond acceptors (Lipinski definition) is 4. The van der Waals surface area contributed by atoms with Crippen molar-refractivity contribution in [3.05, 3.63) is 75.8 Å². The van der Waals surface area contributed by atoms with Crippen molar-refractivity contribution in [2.75, 3.05) is 0 Å². The summed E-state index contributed by atoms with van der Waals surface area (Å²) in [6.07, 6.45) is 2.76. The average molecular weight is 431 g/mol. The van der Waals surface area contributed by atoms with Crippen molar-refractivity contribution in [1.29, 1.82) is 0 Å². The van der Waals surface area contributed by atoms with Gasteiger partial charge in [-0.15, -0.1) is 0 Å². The van der Waals surface area contributed by atoms with Gasteiger partial charge in [0, 0.05) is 22.8 Å². The lowest BCUT2D eigenvalue weighted by atomic mass is 10.1. The first-order valence-electron chi connectivity index (χ1n) is 10.7. The number of nitrogens with zero attached hydrogens (tertiary/aromatic N) is 2. The number of rotatable bonds is 6. The quantitative estimate of drug-likeness (QED) is 0.321. The van der Waals surface area contributed by atoms with Crippen LogP contribution >= 0.6 is 0 Å². The standard InChI is InChI=1S/C24H25N5O3/c1-3-4-7-12-29-24(32)18-9-6-5-8-17(18)21(28-29)23(31)27-26-22(30)20-14-16-11-10-15(2)13-19(16)25-20/h5-6,8-11,13-14,25H,3-4,7,12H2,1-2H3,(H,26,30)(H,27,31). The summed E-state index contributed by atoms with van der Waals surface area (Å²) in [4.78, 5) is 41.3. The highest BCUT2D eigenvalue weighted by molar-refractivity contribution is 6.06. The zero-order valence-corrected chi connectivity index (χ0v) is 18.1. The highest BCUT2D eigenvalue weighted by atomic mass is 16.2. The van der Waals surface area contributed by atoms with E-state index < -0.39 is 11.8 Å². The summed E-state index contributed by atoms with van der Waals surface area (Å²) in [5.41, 5.74) is 6.95. The van der Waals surface area contributed by atoms with E-state index >= 15 is 0 Å². The molecule has 0 bridgehead atoms. The summed E-state index contributed by atoms with van der Waals surface area (Å²) in [6, 6.07) is 14.4. The number of aromatic amines is 1. The predicted octanol–water partition coefficient (Wildman–Crippen LogP) is 3.45. The maximum absolute atomic E-state index is 12.9. The summed E-state index contributed by atoms with van der Waals surface area (Å²) in [7, 11) is 0. The highest BCUT2D eigenvalue weighted by Crippen LogP contribution is 2.17. The molecule has 0 unspecified atom stereocenters. The Bertz CT molecular complexity index is 1370. The minimum Gasteiger partial charge on any atom is -0.350 e. The lowest BCUT2D eigenvalue weighted by molar-refractivity contribution is 0.0841. The average Bonchev–Trinajstić information content (AvgIpc) is 3.22. The van der Waals surface area contributed by atoms with Gasteiger partial charge in [0.25, 0.3) is 17.4 Å². The van der Waals surface area contributed by atoms with Crippen LogP contribution in [0.3, 0.4) is 0 Å². The van der Waals surface area contributed by atoms with Crippen molar-refractivity contribution in [3.8, 4) is 0 Å². The van der Waals surface area contributed by atoms with Gasteiger partial charge in [0.1, 0.15) is 5.69 Å². The third-order valence-corrected chi connectivity index (χ3v) is 5.37. The first-order chi connectivity index (χ1) is 15.5. The molecule has 32 heavy (non-hydrogen) atoms. The van der Waals surface area contributed by atoms with E-state index in [1.54, 1.807) is 30.3 Å². The first-order valence-corrected chi connectivity index (χ1v) is 10.7. The number of nitrogens with one attached hydrogen (secondary N) is 3. The number of fused-ring (bicyclic) bond motifs is 2. The molecule has 0 spiro atoms. The molecular weight excluding hydrogens is 406 g/mol. The Morgan fingerprint density at radius 1 is 1.00 bits per heavy atom. The molecule has 3 N–H and O–H groups in total. The van der Waals surface area contributed by atoms with Crippen molar-refractivity contribution in [1.82, 2.24) is 25.6 Å². The first kappa shape index (κ1) is 21.3. The molecule has 2 aromatic carbocycles. The Hall–Kier alpha value is -3.94. The molecule has 2 amide bonds. The van der Waals surface area contributed by atoms with Crippen molar-refractivity contribution in [2.24, 2.45) is 0 Å². The fourth-order valence-corrected chi connectivity index (χ4v) is 3.67. The molecule has 0 fully saturated rings. The Kier molecular flexibility index (Phi) is 6.02. The zero-order valence-electron chi connectivity index (χ0n) is 18.1. The SMILES string of the molecule is CCCCCn1nc(C(=O)NNC(=O)c2cc3ccc(C)cc3[nH]2)c2ccccc2c1=O. The molecule has 8 heteroatoms. The number of benzene rings is 2. The fourth-order valence-electron chi connectivity index (χ4n) is 3.67. The van der Waals surface area contributed by atoms with E-state index in [9.17, 15) is 14.4 Å². The molecule has 0 aliphatic heterocycles. The lowest BCUT2D eigenvalue weighted by Gasteiger charge is -2.11. The van der Waals surface area contributed by atoms with E-state index in [2.05, 4.69) is 27.9 Å². The summed E-state index contributed by atoms with van der Waals surface area (Å²) >= 11 is 0. The van der Waals surface area contributed by atoms with E-state index in [0.29, 0.717) is 23.0 Å². The van der Waals surface area contributed by atoms with Gasteiger partial charge in [-0.3, -0.25) is 25.2 Å². The third kappa shape index (κ3) is 4.25. The van der Waals surface area contributed by atoms with Gasteiger partial charge in [0.05, 0.1) is 5.39 Å². The van der Waals surface area contributed by atoms with Crippen LogP contribution in [0.25, 0.3) is 21.7 Å². The van der Waals surface area contributed by atoms with Crippen LogP contribution in [0.5, 0.6) is 0 Å². The molecule has 2 aromatic heterocycles. The highest BCUT2D eigenvalue weighted by Gasteiger charge is 2.18. The van der Waals surface area contributed by atoms with E-state index in [1.807, 2.05) is 25.1 Å². The number of amides is 2. The van der Waals surface area contributed by atoms with E-state index in [1.165, 1.54) is 4.68 Å². The molecule has 0 aliphatic rings. The van der Waals surface area contributed by atoms with E-state index in [-0.39, 0.29) is 11.3 Å². The second kappa shape index (κ2) is 9.05. The number of aromatic nitrogens is 3. The molecular formula is C24H25N5O3. The topological polar surface area (TPSA) is 109 Å². The van der Waals surface area contributed by atoms with Crippen LogP contribution < -0.4 is 16.4 Å². The Labute approximate surface area is 184 Å². The van der Waals surface area contributed by atoms with Crippen LogP contribution in [0.2, 0.25) is 0 Å². The minimum absolute atomic E-state index is 0.0873. The van der Waals surface area contributed by atoms with Crippen molar-refractivity contribution >= 4 is 33.5 Å². The molecule has 0 saturated carbocycles. The molecule has 2 heterocycles. The number of aryl methyl sites for hydroxylation is 2. The van der Waals surface area contributed by atoms with Gasteiger partial charge in [-0.05, 0) is 37.1 Å². The number of carbonyl (C=O) groups is 2. The van der Waals surface area contributed by atoms with Crippen LogP contribution in [-0.4, -0.2) is 26.6 Å². The number of carbonyl (C=O) groups excluding carboxylic acids is 2. The van der Waals surface area contributed by atoms with Gasteiger partial charge in [-0.2, -0.15) is 5.10 Å².